The number of amides is 1. The van der Waals surface area contributed by atoms with Crippen LogP contribution in [0.15, 0.2) is 27.3 Å². The topological polar surface area (TPSA) is 93.9 Å². The third kappa shape index (κ3) is 6.28. The molecule has 9 heteroatoms. The quantitative estimate of drug-likeness (QED) is 0.469. The maximum absolute atomic E-state index is 12.5. The standard InChI is InChI=1S/C17H22BrNO6S/c1-12(2)9-19(13-7-8-26(22,23)11-13)16(20)10-24-17(21)6-4-14-3-5-15(18)25-14/h3-6,12-13H,7-11H2,1-2H3/b6-4+/t13-/m0/s1. The van der Waals surface area contributed by atoms with Gasteiger partial charge in [0.15, 0.2) is 21.1 Å². The molecule has 2 rings (SSSR count). The Morgan fingerprint density at radius 1 is 1.42 bits per heavy atom. The molecule has 1 aromatic heterocycles. The predicted octanol–water partition coefficient (Wildman–Crippen LogP) is 2.27. The number of sulfone groups is 1. The van der Waals surface area contributed by atoms with Crippen molar-refractivity contribution in [2.24, 2.45) is 5.92 Å². The van der Waals surface area contributed by atoms with Crippen LogP contribution in [-0.4, -0.2) is 55.9 Å². The van der Waals surface area contributed by atoms with Crippen molar-refractivity contribution in [1.82, 2.24) is 4.90 Å². The molecule has 1 aliphatic rings. The zero-order valence-electron chi connectivity index (χ0n) is 14.7. The fourth-order valence-corrected chi connectivity index (χ4v) is 4.75. The highest BCUT2D eigenvalue weighted by atomic mass is 79.9. The molecular formula is C17H22BrNO6S. The highest BCUT2D eigenvalue weighted by Gasteiger charge is 2.35. The van der Waals surface area contributed by atoms with E-state index in [2.05, 4.69) is 15.9 Å². The van der Waals surface area contributed by atoms with Gasteiger partial charge in [0.2, 0.25) is 0 Å². The van der Waals surface area contributed by atoms with Gasteiger partial charge in [-0.2, -0.15) is 0 Å². The largest absolute Gasteiger partial charge is 0.452 e. The number of esters is 1. The lowest BCUT2D eigenvalue weighted by Gasteiger charge is -2.29. The highest BCUT2D eigenvalue weighted by Crippen LogP contribution is 2.19. The van der Waals surface area contributed by atoms with E-state index in [0.717, 1.165) is 0 Å². The molecule has 0 aromatic carbocycles. The Morgan fingerprint density at radius 3 is 2.69 bits per heavy atom. The van der Waals surface area contributed by atoms with Gasteiger partial charge in [0.05, 0.1) is 11.5 Å². The first-order chi connectivity index (χ1) is 12.2. The van der Waals surface area contributed by atoms with Crippen LogP contribution in [-0.2, 0) is 24.2 Å². The lowest BCUT2D eigenvalue weighted by molar-refractivity contribution is -0.149. The van der Waals surface area contributed by atoms with Gasteiger partial charge in [0.1, 0.15) is 5.76 Å². The van der Waals surface area contributed by atoms with Gasteiger partial charge in [-0.05, 0) is 46.5 Å². The van der Waals surface area contributed by atoms with E-state index in [9.17, 15) is 18.0 Å². The zero-order valence-corrected chi connectivity index (χ0v) is 17.1. The van der Waals surface area contributed by atoms with Gasteiger partial charge in [0, 0.05) is 18.7 Å². The third-order valence-corrected chi connectivity index (χ3v) is 6.02. The van der Waals surface area contributed by atoms with Crippen molar-refractivity contribution in [2.45, 2.75) is 26.3 Å². The summed E-state index contributed by atoms with van der Waals surface area (Å²) in [6.07, 6.45) is 3.03. The van der Waals surface area contributed by atoms with Gasteiger partial charge < -0.3 is 14.1 Å². The van der Waals surface area contributed by atoms with E-state index in [4.69, 9.17) is 9.15 Å². The Balaban J connectivity index is 1.92. The first kappa shape index (κ1) is 20.7. The molecule has 0 radical (unpaired) electrons. The minimum Gasteiger partial charge on any atom is -0.452 e. The average molecular weight is 448 g/mol. The summed E-state index contributed by atoms with van der Waals surface area (Å²) in [5.41, 5.74) is 0. The number of hydrogen-bond acceptors (Lipinski definition) is 6. The summed E-state index contributed by atoms with van der Waals surface area (Å²) >= 11 is 3.15. The summed E-state index contributed by atoms with van der Waals surface area (Å²) in [5.74, 6) is -0.362. The molecule has 1 aliphatic heterocycles. The summed E-state index contributed by atoms with van der Waals surface area (Å²) in [6, 6.07) is 3.00. The Morgan fingerprint density at radius 2 is 2.15 bits per heavy atom. The van der Waals surface area contributed by atoms with Gasteiger partial charge in [-0.15, -0.1) is 0 Å². The van der Waals surface area contributed by atoms with Crippen molar-refractivity contribution in [2.75, 3.05) is 24.7 Å². The molecular weight excluding hydrogens is 426 g/mol. The number of furan rings is 1. The number of halogens is 1. The minimum absolute atomic E-state index is 0.0350. The summed E-state index contributed by atoms with van der Waals surface area (Å²) in [7, 11) is -3.11. The number of carbonyl (C=O) groups excluding carboxylic acids is 2. The molecule has 1 saturated heterocycles. The molecule has 0 spiro atoms. The van der Waals surface area contributed by atoms with Crippen LogP contribution in [0.2, 0.25) is 0 Å². The minimum atomic E-state index is -3.11. The fourth-order valence-electron chi connectivity index (χ4n) is 2.70. The fraction of sp³-hybridized carbons (Fsp3) is 0.529. The molecule has 0 N–H and O–H groups in total. The monoisotopic (exact) mass is 447 g/mol. The van der Waals surface area contributed by atoms with Crippen LogP contribution in [0.3, 0.4) is 0 Å². The summed E-state index contributed by atoms with van der Waals surface area (Å²) in [6.45, 7) is 3.89. The lowest BCUT2D eigenvalue weighted by Crippen LogP contribution is -2.45. The van der Waals surface area contributed by atoms with Crippen LogP contribution in [0.25, 0.3) is 6.08 Å². The second-order valence-corrected chi connectivity index (χ2v) is 9.59. The summed E-state index contributed by atoms with van der Waals surface area (Å²) in [4.78, 5) is 25.8. The third-order valence-electron chi connectivity index (χ3n) is 3.85. The average Bonchev–Trinajstić information content (AvgIpc) is 3.13. The van der Waals surface area contributed by atoms with Crippen molar-refractivity contribution in [3.05, 3.63) is 28.6 Å². The van der Waals surface area contributed by atoms with Crippen molar-refractivity contribution in [1.29, 1.82) is 0 Å². The van der Waals surface area contributed by atoms with Gasteiger partial charge in [-0.25, -0.2) is 13.2 Å². The highest BCUT2D eigenvalue weighted by molar-refractivity contribution is 9.10. The van der Waals surface area contributed by atoms with E-state index in [0.29, 0.717) is 23.4 Å². The smallest absolute Gasteiger partial charge is 0.331 e. The number of ether oxygens (including phenoxy) is 1. The van der Waals surface area contributed by atoms with Crippen molar-refractivity contribution >= 4 is 43.7 Å². The Labute approximate surface area is 161 Å². The van der Waals surface area contributed by atoms with E-state index in [1.54, 1.807) is 12.1 Å². The number of carbonyl (C=O) groups is 2. The van der Waals surface area contributed by atoms with Crippen LogP contribution in [0.5, 0.6) is 0 Å². The zero-order chi connectivity index (χ0) is 19.3. The van der Waals surface area contributed by atoms with Gasteiger partial charge >= 0.3 is 5.97 Å². The summed E-state index contributed by atoms with van der Waals surface area (Å²) < 4.78 is 34.1. The normalized spacial score (nSPS) is 19.2. The van der Waals surface area contributed by atoms with Crippen LogP contribution < -0.4 is 0 Å². The Hall–Kier alpha value is -1.61. The van der Waals surface area contributed by atoms with Gasteiger partial charge in [0.25, 0.3) is 5.91 Å². The molecule has 144 valence electrons. The molecule has 0 saturated carbocycles. The van der Waals surface area contributed by atoms with E-state index >= 15 is 0 Å². The van der Waals surface area contributed by atoms with Gasteiger partial charge in [-0.1, -0.05) is 13.8 Å². The van der Waals surface area contributed by atoms with Crippen LogP contribution >= 0.6 is 15.9 Å². The van der Waals surface area contributed by atoms with Crippen molar-refractivity contribution < 1.29 is 27.2 Å². The van der Waals surface area contributed by atoms with Crippen LogP contribution in [0, 0.1) is 5.92 Å². The van der Waals surface area contributed by atoms with Crippen molar-refractivity contribution in [3.63, 3.8) is 0 Å². The molecule has 2 heterocycles. The number of hydrogen-bond donors (Lipinski definition) is 0. The van der Waals surface area contributed by atoms with E-state index in [1.165, 1.54) is 17.1 Å². The second kappa shape index (κ2) is 8.85. The number of rotatable bonds is 7. The lowest BCUT2D eigenvalue weighted by atomic mass is 10.1. The first-order valence-corrected chi connectivity index (χ1v) is 10.9. The van der Waals surface area contributed by atoms with E-state index in [1.807, 2.05) is 13.8 Å². The molecule has 1 atom stereocenters. The Kier molecular flexibility index (Phi) is 7.05. The molecule has 1 amide bonds. The first-order valence-electron chi connectivity index (χ1n) is 8.26. The van der Waals surface area contributed by atoms with E-state index in [-0.39, 0.29) is 29.4 Å². The number of nitrogens with zero attached hydrogens (tertiary/aromatic N) is 1. The van der Waals surface area contributed by atoms with Gasteiger partial charge in [-0.3, -0.25) is 4.79 Å². The molecule has 26 heavy (non-hydrogen) atoms. The maximum Gasteiger partial charge on any atom is 0.331 e. The SMILES string of the molecule is CC(C)CN(C(=O)COC(=O)/C=C/c1ccc(Br)o1)[C@H]1CCS(=O)(=O)C1. The van der Waals surface area contributed by atoms with Crippen LogP contribution in [0.1, 0.15) is 26.0 Å². The predicted molar refractivity (Wildman–Crippen MR) is 100 cm³/mol. The summed E-state index contributed by atoms with van der Waals surface area (Å²) in [5, 5.41) is 0. The molecule has 7 nitrogen and oxygen atoms in total. The molecule has 1 aromatic rings. The Bertz CT molecular complexity index is 783. The molecule has 0 bridgehead atoms. The molecule has 0 unspecified atom stereocenters. The molecule has 0 aliphatic carbocycles. The maximum atomic E-state index is 12.5. The molecule has 1 fully saturated rings. The van der Waals surface area contributed by atoms with E-state index < -0.39 is 22.4 Å². The second-order valence-electron chi connectivity index (χ2n) is 6.58. The van der Waals surface area contributed by atoms with Crippen LogP contribution in [0.4, 0.5) is 0 Å². The van der Waals surface area contributed by atoms with Crippen molar-refractivity contribution in [3.8, 4) is 0 Å².